The van der Waals surface area contributed by atoms with E-state index in [0.717, 1.165) is 45.1 Å². The average Bonchev–Trinajstić information content (AvgIpc) is 2.78. The summed E-state index contributed by atoms with van der Waals surface area (Å²) in [6.45, 7) is 7.76. The van der Waals surface area contributed by atoms with Gasteiger partial charge in [-0.15, -0.1) is 0 Å². The first-order chi connectivity index (χ1) is 8.62. The molecule has 1 aliphatic rings. The van der Waals surface area contributed by atoms with Gasteiger partial charge in [0.15, 0.2) is 5.96 Å². The van der Waals surface area contributed by atoms with Gasteiger partial charge < -0.3 is 20.5 Å². The van der Waals surface area contributed by atoms with Crippen LogP contribution in [0.25, 0.3) is 0 Å². The van der Waals surface area contributed by atoms with Crippen LogP contribution in [0.2, 0.25) is 0 Å². The number of aliphatic hydroxyl groups is 1. The van der Waals surface area contributed by atoms with Crippen molar-refractivity contribution in [3.8, 4) is 0 Å². The maximum absolute atomic E-state index is 9.16. The van der Waals surface area contributed by atoms with Crippen LogP contribution in [0, 0.1) is 11.3 Å². The highest BCUT2D eigenvalue weighted by Gasteiger charge is 2.34. The molecular formula is C13H27N3O2. The van der Waals surface area contributed by atoms with E-state index in [1.807, 2.05) is 0 Å². The Hall–Kier alpha value is -0.810. The van der Waals surface area contributed by atoms with Gasteiger partial charge >= 0.3 is 0 Å². The Bertz CT molecular complexity index is 261. The van der Waals surface area contributed by atoms with Crippen molar-refractivity contribution in [2.75, 3.05) is 40.0 Å². The van der Waals surface area contributed by atoms with Gasteiger partial charge in [-0.1, -0.05) is 13.8 Å². The van der Waals surface area contributed by atoms with Gasteiger partial charge in [-0.05, 0) is 18.8 Å². The Labute approximate surface area is 110 Å². The van der Waals surface area contributed by atoms with E-state index in [4.69, 9.17) is 9.84 Å². The van der Waals surface area contributed by atoms with Crippen molar-refractivity contribution in [3.63, 3.8) is 0 Å². The van der Waals surface area contributed by atoms with E-state index in [9.17, 15) is 0 Å². The van der Waals surface area contributed by atoms with Crippen LogP contribution >= 0.6 is 0 Å². The summed E-state index contributed by atoms with van der Waals surface area (Å²) in [4.78, 5) is 4.20. The Morgan fingerprint density at radius 3 is 2.72 bits per heavy atom. The number of hydrogen-bond acceptors (Lipinski definition) is 3. The van der Waals surface area contributed by atoms with E-state index in [1.54, 1.807) is 7.05 Å². The third-order valence-electron chi connectivity index (χ3n) is 3.36. The Kier molecular flexibility index (Phi) is 6.43. The smallest absolute Gasteiger partial charge is 0.191 e. The Morgan fingerprint density at radius 1 is 1.44 bits per heavy atom. The van der Waals surface area contributed by atoms with Crippen LogP contribution in [0.1, 0.15) is 26.7 Å². The third kappa shape index (κ3) is 4.82. The minimum atomic E-state index is 0.0597. The van der Waals surface area contributed by atoms with Gasteiger partial charge in [0, 0.05) is 38.8 Å². The molecule has 1 unspecified atom stereocenters. The van der Waals surface area contributed by atoms with Crippen LogP contribution in [0.15, 0.2) is 4.99 Å². The van der Waals surface area contributed by atoms with Crippen LogP contribution in [0.5, 0.6) is 0 Å². The molecule has 1 fully saturated rings. The zero-order valence-corrected chi connectivity index (χ0v) is 11.8. The topological polar surface area (TPSA) is 65.9 Å². The zero-order chi connectivity index (χ0) is 13.4. The average molecular weight is 257 g/mol. The van der Waals surface area contributed by atoms with Crippen LogP contribution in [-0.4, -0.2) is 51.0 Å². The molecular weight excluding hydrogens is 230 g/mol. The summed E-state index contributed by atoms with van der Waals surface area (Å²) < 4.78 is 5.47. The summed E-state index contributed by atoms with van der Waals surface area (Å²) >= 11 is 0. The first-order valence-electron chi connectivity index (χ1n) is 6.75. The van der Waals surface area contributed by atoms with Crippen molar-refractivity contribution in [2.45, 2.75) is 26.7 Å². The molecule has 0 aliphatic carbocycles. The molecule has 0 aromatic rings. The minimum absolute atomic E-state index is 0.0597. The standard InChI is InChI=1S/C13H27N3O2/c1-11(2)8-15-12(14-3)16-9-13(4-6-17)5-7-18-10-13/h11,17H,4-10H2,1-3H3,(H2,14,15,16). The quantitative estimate of drug-likeness (QED) is 0.481. The molecule has 1 heterocycles. The number of ether oxygens (including phenoxy) is 1. The van der Waals surface area contributed by atoms with E-state index in [0.29, 0.717) is 5.92 Å². The largest absolute Gasteiger partial charge is 0.396 e. The van der Waals surface area contributed by atoms with Crippen molar-refractivity contribution in [1.29, 1.82) is 0 Å². The molecule has 1 rings (SSSR count). The SMILES string of the molecule is CN=C(NCC(C)C)NCC1(CCO)CCOC1. The molecule has 3 N–H and O–H groups in total. The van der Waals surface area contributed by atoms with Crippen LogP contribution in [0.4, 0.5) is 0 Å². The second-order valence-corrected chi connectivity index (χ2v) is 5.48. The lowest BCUT2D eigenvalue weighted by atomic mass is 9.84. The maximum atomic E-state index is 9.16. The van der Waals surface area contributed by atoms with Gasteiger partial charge in [0.05, 0.1) is 6.61 Å². The first-order valence-corrected chi connectivity index (χ1v) is 6.75. The Morgan fingerprint density at radius 2 is 2.22 bits per heavy atom. The van der Waals surface area contributed by atoms with Crippen molar-refractivity contribution in [3.05, 3.63) is 0 Å². The van der Waals surface area contributed by atoms with Crippen molar-refractivity contribution in [1.82, 2.24) is 10.6 Å². The lowest BCUT2D eigenvalue weighted by molar-refractivity contribution is 0.127. The molecule has 0 saturated carbocycles. The second-order valence-electron chi connectivity index (χ2n) is 5.48. The summed E-state index contributed by atoms with van der Waals surface area (Å²) in [6.07, 6.45) is 1.78. The molecule has 0 amide bonds. The van der Waals surface area contributed by atoms with E-state index >= 15 is 0 Å². The van der Waals surface area contributed by atoms with Gasteiger partial charge in [0.1, 0.15) is 0 Å². The summed E-state index contributed by atoms with van der Waals surface area (Å²) in [7, 11) is 1.78. The van der Waals surface area contributed by atoms with Crippen LogP contribution < -0.4 is 10.6 Å². The van der Waals surface area contributed by atoms with Crippen molar-refractivity contribution < 1.29 is 9.84 Å². The molecule has 0 aromatic heterocycles. The number of aliphatic hydroxyl groups excluding tert-OH is 1. The number of nitrogens with zero attached hydrogens (tertiary/aromatic N) is 1. The highest BCUT2D eigenvalue weighted by molar-refractivity contribution is 5.79. The molecule has 0 bridgehead atoms. The second kappa shape index (κ2) is 7.59. The lowest BCUT2D eigenvalue weighted by Crippen LogP contribution is -2.45. The van der Waals surface area contributed by atoms with Crippen molar-refractivity contribution in [2.24, 2.45) is 16.3 Å². The molecule has 5 nitrogen and oxygen atoms in total. The number of nitrogens with one attached hydrogen (secondary N) is 2. The van der Waals surface area contributed by atoms with E-state index < -0.39 is 0 Å². The first kappa shape index (κ1) is 15.2. The fourth-order valence-electron chi connectivity index (χ4n) is 2.10. The number of hydrogen-bond donors (Lipinski definition) is 3. The summed E-state index contributed by atoms with van der Waals surface area (Å²) in [6, 6.07) is 0. The Balaban J connectivity index is 2.40. The minimum Gasteiger partial charge on any atom is -0.396 e. The molecule has 0 radical (unpaired) electrons. The van der Waals surface area contributed by atoms with Gasteiger partial charge in [-0.3, -0.25) is 4.99 Å². The van der Waals surface area contributed by atoms with Crippen molar-refractivity contribution >= 4 is 5.96 Å². The number of aliphatic imine (C=N–C) groups is 1. The normalized spacial score (nSPS) is 24.6. The fourth-order valence-corrected chi connectivity index (χ4v) is 2.10. The zero-order valence-electron chi connectivity index (χ0n) is 11.8. The highest BCUT2D eigenvalue weighted by atomic mass is 16.5. The van der Waals surface area contributed by atoms with E-state index in [2.05, 4.69) is 29.5 Å². The maximum Gasteiger partial charge on any atom is 0.191 e. The molecule has 1 saturated heterocycles. The fraction of sp³-hybridized carbons (Fsp3) is 0.923. The van der Waals surface area contributed by atoms with Gasteiger partial charge in [0.2, 0.25) is 0 Å². The molecule has 1 aliphatic heterocycles. The summed E-state index contributed by atoms with van der Waals surface area (Å²) in [5.74, 6) is 1.41. The van der Waals surface area contributed by atoms with E-state index in [-0.39, 0.29) is 12.0 Å². The molecule has 0 aromatic carbocycles. The molecule has 18 heavy (non-hydrogen) atoms. The number of guanidine groups is 1. The van der Waals surface area contributed by atoms with Gasteiger partial charge in [-0.25, -0.2) is 0 Å². The highest BCUT2D eigenvalue weighted by Crippen LogP contribution is 2.31. The van der Waals surface area contributed by atoms with Crippen LogP contribution in [-0.2, 0) is 4.74 Å². The molecule has 0 spiro atoms. The molecule has 1 atom stereocenters. The van der Waals surface area contributed by atoms with Crippen LogP contribution in [0.3, 0.4) is 0 Å². The predicted octanol–water partition coefficient (Wildman–Crippen LogP) is 0.597. The predicted molar refractivity (Wildman–Crippen MR) is 73.8 cm³/mol. The van der Waals surface area contributed by atoms with Gasteiger partial charge in [-0.2, -0.15) is 0 Å². The molecule has 5 heteroatoms. The third-order valence-corrected chi connectivity index (χ3v) is 3.36. The molecule has 106 valence electrons. The summed E-state index contributed by atoms with van der Waals surface area (Å²) in [5, 5.41) is 15.8. The lowest BCUT2D eigenvalue weighted by Gasteiger charge is -2.27. The number of rotatable bonds is 6. The summed E-state index contributed by atoms with van der Waals surface area (Å²) in [5.41, 5.74) is 0.0597. The van der Waals surface area contributed by atoms with E-state index in [1.165, 1.54) is 0 Å². The van der Waals surface area contributed by atoms with Gasteiger partial charge in [0.25, 0.3) is 0 Å². The monoisotopic (exact) mass is 257 g/mol.